The Balaban J connectivity index is -0.0000000498. The van der Waals surface area contributed by atoms with Gasteiger partial charge < -0.3 is 0 Å². The Morgan fingerprint density at radius 3 is 0.574 bits per heavy atom. The topological polar surface area (TPSA) is 0 Å². The minimum atomic E-state index is 0.500. The van der Waals surface area contributed by atoms with E-state index in [0.29, 0.717) is 10.8 Å². The molecule has 3 rings (SSSR count). The van der Waals surface area contributed by atoms with Crippen LogP contribution in [0.2, 0.25) is 0 Å². The van der Waals surface area contributed by atoms with Gasteiger partial charge in [-0.3, -0.25) is 0 Å². The van der Waals surface area contributed by atoms with Crippen LogP contribution in [0.15, 0.2) is 0 Å². The maximum Gasteiger partial charge on any atom is -0.0385 e. The van der Waals surface area contributed by atoms with E-state index in [2.05, 4.69) is 187 Å². The molecule has 0 heterocycles. The molecule has 61 heavy (non-hydrogen) atoms. The van der Waals surface area contributed by atoms with E-state index in [4.69, 9.17) is 0 Å². The van der Waals surface area contributed by atoms with Crippen molar-refractivity contribution >= 4 is 0 Å². The van der Waals surface area contributed by atoms with Crippen LogP contribution in [0.5, 0.6) is 0 Å². The molecule has 0 aromatic rings. The van der Waals surface area contributed by atoms with Crippen molar-refractivity contribution in [2.24, 2.45) is 52.3 Å². The van der Waals surface area contributed by atoms with Crippen molar-refractivity contribution in [3.63, 3.8) is 0 Å². The van der Waals surface area contributed by atoms with Gasteiger partial charge in [0.05, 0.1) is 0 Å². The van der Waals surface area contributed by atoms with Crippen LogP contribution in [0, 0.1) is 52.3 Å². The highest BCUT2D eigenvalue weighted by atomic mass is 14.2. The van der Waals surface area contributed by atoms with E-state index in [-0.39, 0.29) is 0 Å². The van der Waals surface area contributed by atoms with E-state index < -0.39 is 0 Å². The van der Waals surface area contributed by atoms with E-state index in [0.717, 1.165) is 41.4 Å². The summed E-state index contributed by atoms with van der Waals surface area (Å²) in [6.45, 7) is 71.8. The second-order valence-corrected chi connectivity index (χ2v) is 21.7. The summed E-state index contributed by atoms with van der Waals surface area (Å²) >= 11 is 0. The average molecular weight is 878 g/mol. The Labute approximate surface area is 401 Å². The van der Waals surface area contributed by atoms with Crippen molar-refractivity contribution < 1.29 is 0 Å². The minimum Gasteiger partial charge on any atom is -0.0683 e. The predicted octanol–water partition coefficient (Wildman–Crippen LogP) is 25.2. The van der Waals surface area contributed by atoms with Crippen LogP contribution in [-0.4, -0.2) is 0 Å². The Hall–Kier alpha value is 0. The monoisotopic (exact) mass is 877 g/mol. The van der Waals surface area contributed by atoms with Crippen LogP contribution in [0.25, 0.3) is 0 Å². The fourth-order valence-corrected chi connectivity index (χ4v) is 2.89. The molecule has 0 atom stereocenters. The molecule has 0 radical (unpaired) electrons. The van der Waals surface area contributed by atoms with E-state index >= 15 is 0 Å². The van der Waals surface area contributed by atoms with Crippen molar-refractivity contribution in [3.8, 4) is 0 Å². The van der Waals surface area contributed by atoms with Crippen molar-refractivity contribution in [2.75, 3.05) is 0 Å². The first-order chi connectivity index (χ1) is 28.2. The minimum absolute atomic E-state index is 0.500. The van der Waals surface area contributed by atoms with Crippen LogP contribution >= 0.6 is 0 Å². The van der Waals surface area contributed by atoms with Gasteiger partial charge in [-0.2, -0.15) is 0 Å². The summed E-state index contributed by atoms with van der Waals surface area (Å²) in [7, 11) is 0. The molecular weight excluding hydrogens is 733 g/mol. The molecule has 0 unspecified atom stereocenters. The Bertz CT molecular complexity index is 529. The van der Waals surface area contributed by atoms with Gasteiger partial charge in [-0.25, -0.2) is 0 Å². The highest BCUT2D eigenvalue weighted by Crippen LogP contribution is 2.26. The summed E-state index contributed by atoms with van der Waals surface area (Å²) in [5, 5.41) is 0. The molecule has 0 aromatic heterocycles. The lowest BCUT2D eigenvalue weighted by atomic mass is 9.91. The Morgan fingerprint density at radius 1 is 0.377 bits per heavy atom. The molecule has 3 aliphatic carbocycles. The number of unbranched alkanes of at least 4 members (excludes halogenated alkanes) is 1. The summed E-state index contributed by atoms with van der Waals surface area (Å²) in [6, 6.07) is 0. The van der Waals surface area contributed by atoms with Gasteiger partial charge in [-0.1, -0.05) is 350 Å². The van der Waals surface area contributed by atoms with Crippen LogP contribution < -0.4 is 0 Å². The lowest BCUT2D eigenvalue weighted by Crippen LogP contribution is -2.00. The van der Waals surface area contributed by atoms with Gasteiger partial charge in [-0.05, 0) is 52.3 Å². The second kappa shape index (κ2) is 77.2. The molecule has 0 aromatic carbocycles. The third-order valence-electron chi connectivity index (χ3n) is 8.99. The van der Waals surface area contributed by atoms with E-state index in [1.165, 1.54) is 122 Å². The van der Waals surface area contributed by atoms with Crippen LogP contribution in [0.1, 0.15) is 350 Å². The third kappa shape index (κ3) is 224. The molecule has 388 valence electrons. The van der Waals surface area contributed by atoms with Crippen LogP contribution in [0.4, 0.5) is 0 Å². The molecule has 0 saturated heterocycles. The molecule has 0 amide bonds. The lowest BCUT2D eigenvalue weighted by molar-refractivity contribution is 0.385. The maximum atomic E-state index is 2.36. The molecule has 0 heteroatoms. The molecule has 3 saturated carbocycles. The van der Waals surface area contributed by atoms with Gasteiger partial charge in [0.25, 0.3) is 0 Å². The van der Waals surface area contributed by atoms with Crippen molar-refractivity contribution in [1.29, 1.82) is 0 Å². The highest BCUT2D eigenvalue weighted by Gasteiger charge is 2.12. The van der Waals surface area contributed by atoms with Gasteiger partial charge in [0.15, 0.2) is 0 Å². The van der Waals surface area contributed by atoms with E-state index in [1.807, 2.05) is 41.5 Å². The number of rotatable bonds is 5. The first-order valence-corrected chi connectivity index (χ1v) is 28.2. The van der Waals surface area contributed by atoms with Gasteiger partial charge in [0, 0.05) is 0 Å². The summed E-state index contributed by atoms with van der Waals surface area (Å²) < 4.78 is 0. The summed E-state index contributed by atoms with van der Waals surface area (Å²) in [5.74, 6) is 6.70. The molecule has 0 N–H and O–H groups in total. The molecule has 0 aliphatic heterocycles. The number of hydrogen-bond acceptors (Lipinski definition) is 0. The number of hydrogen-bond donors (Lipinski definition) is 0. The Morgan fingerprint density at radius 2 is 0.541 bits per heavy atom. The summed E-state index contributed by atoms with van der Waals surface area (Å²) in [5.41, 5.74) is 1.04. The first kappa shape index (κ1) is 87.8. The standard InChI is InChI=1S/C7H14.C6H12.2C6H14.3C5H12.C4H8.2C4H10.C3H8.3C2H6/c1-7-5-3-2-4-6-7;1-6-4-2-3-5-6;1-5-6(2,3)4;1-4-6(3)5-2;1-5(2,3)4;2*1-4-5(2)3;1-4-2-3-4;1-4(2)3;1-3-4-2;1-3-2;3*1-2/h7H,2-6H2,1H3;6H,2-5H2,1H3;5H2,1-4H3;6H,4-5H2,1-3H3;1-4H3;2*5H,4H2,1-3H3;4H,2-3H2,1H3;4H,1-3H3;3-4H2,1-2H3;3H2,1-2H3;3*1-2H3. The van der Waals surface area contributed by atoms with Gasteiger partial charge >= 0.3 is 0 Å². The average Bonchev–Trinajstić information content (AvgIpc) is 3.85. The summed E-state index contributed by atoms with van der Waals surface area (Å²) in [4.78, 5) is 0. The molecule has 3 aliphatic rings. The normalized spacial score (nSPS) is 13.5. The third-order valence-corrected chi connectivity index (χ3v) is 8.99. The van der Waals surface area contributed by atoms with Crippen molar-refractivity contribution in [1.82, 2.24) is 0 Å². The Kier molecular flexibility index (Phi) is 111. The fraction of sp³-hybridized carbons (Fsp3) is 1.00. The zero-order valence-electron chi connectivity index (χ0n) is 51.5. The fourth-order valence-electron chi connectivity index (χ4n) is 2.89. The predicted molar refractivity (Wildman–Crippen MR) is 304 cm³/mol. The van der Waals surface area contributed by atoms with E-state index in [9.17, 15) is 0 Å². The molecule has 0 spiro atoms. The van der Waals surface area contributed by atoms with Gasteiger partial charge in [-0.15, -0.1) is 0 Å². The first-order valence-electron chi connectivity index (χ1n) is 28.2. The lowest BCUT2D eigenvalue weighted by Gasteiger charge is -2.15. The zero-order valence-corrected chi connectivity index (χ0v) is 51.5. The van der Waals surface area contributed by atoms with Gasteiger partial charge in [0.1, 0.15) is 0 Å². The smallest absolute Gasteiger partial charge is 0.0385 e. The largest absolute Gasteiger partial charge is 0.0683 e. The van der Waals surface area contributed by atoms with Crippen molar-refractivity contribution in [2.45, 2.75) is 350 Å². The van der Waals surface area contributed by atoms with Crippen LogP contribution in [-0.2, 0) is 0 Å². The second-order valence-electron chi connectivity index (χ2n) is 21.7. The summed E-state index contributed by atoms with van der Waals surface area (Å²) in [6.07, 6.45) is 26.8. The van der Waals surface area contributed by atoms with Crippen LogP contribution in [0.3, 0.4) is 0 Å². The molecular formula is C61H144. The zero-order chi connectivity index (χ0) is 51.5. The quantitative estimate of drug-likeness (QED) is 0.258. The molecule has 0 bridgehead atoms. The van der Waals surface area contributed by atoms with E-state index in [1.54, 1.807) is 0 Å². The molecule has 0 nitrogen and oxygen atoms in total. The SMILES string of the molecule is CC.CC.CC.CC(C)(C)C.CC(C)C.CC1CC1.CC1CCCC1.CC1CCCCC1.CCC.CCC(C)(C)C.CCC(C)C.CCC(C)C.CCC(C)CC.CCCC. The highest BCUT2D eigenvalue weighted by molar-refractivity contribution is 4.65. The maximum absolute atomic E-state index is 2.36. The molecule has 3 fully saturated rings. The van der Waals surface area contributed by atoms with Crippen molar-refractivity contribution in [3.05, 3.63) is 0 Å². The van der Waals surface area contributed by atoms with Gasteiger partial charge in [0.2, 0.25) is 0 Å².